The molecular weight excluding hydrogens is 326 g/mol. The highest BCUT2D eigenvalue weighted by atomic mass is 79.9. The first-order chi connectivity index (χ1) is 9.60. The quantitative estimate of drug-likeness (QED) is 0.864. The Bertz CT molecular complexity index is 651. The van der Waals surface area contributed by atoms with E-state index in [9.17, 15) is 8.78 Å². The highest BCUT2D eigenvalue weighted by molar-refractivity contribution is 9.10. The molecule has 2 aromatic rings. The van der Waals surface area contributed by atoms with Crippen molar-refractivity contribution in [2.24, 2.45) is 0 Å². The van der Waals surface area contributed by atoms with E-state index in [0.29, 0.717) is 17.8 Å². The van der Waals surface area contributed by atoms with E-state index in [1.165, 1.54) is 12.1 Å². The molecule has 5 heteroatoms. The van der Waals surface area contributed by atoms with Crippen LogP contribution in [0, 0.1) is 11.3 Å². The number of hydrogen-bond donors (Lipinski definition) is 1. The van der Waals surface area contributed by atoms with Crippen molar-refractivity contribution in [2.75, 3.05) is 5.32 Å². The lowest BCUT2D eigenvalue weighted by molar-refractivity contribution is 0.151. The highest BCUT2D eigenvalue weighted by Gasteiger charge is 2.07. The van der Waals surface area contributed by atoms with Crippen LogP contribution in [0.5, 0.6) is 0 Å². The predicted molar refractivity (Wildman–Crippen MR) is 77.6 cm³/mol. The molecule has 0 aliphatic heterocycles. The molecule has 0 saturated heterocycles. The van der Waals surface area contributed by atoms with Crippen molar-refractivity contribution in [3.8, 4) is 6.07 Å². The molecule has 2 aromatic carbocycles. The van der Waals surface area contributed by atoms with Crippen molar-refractivity contribution in [1.29, 1.82) is 5.26 Å². The van der Waals surface area contributed by atoms with Crippen LogP contribution < -0.4 is 5.32 Å². The molecule has 2 rings (SSSR count). The second kappa shape index (κ2) is 6.49. The number of nitrogens with zero attached hydrogens (tertiary/aromatic N) is 1. The van der Waals surface area contributed by atoms with Gasteiger partial charge in [0, 0.05) is 16.6 Å². The van der Waals surface area contributed by atoms with Gasteiger partial charge in [-0.25, -0.2) is 8.78 Å². The van der Waals surface area contributed by atoms with Crippen molar-refractivity contribution in [3.63, 3.8) is 0 Å². The Kier molecular flexibility index (Phi) is 4.70. The molecule has 0 aliphatic carbocycles. The lowest BCUT2D eigenvalue weighted by Crippen LogP contribution is -2.02. The largest absolute Gasteiger partial charge is 0.380 e. The van der Waals surface area contributed by atoms with Crippen molar-refractivity contribution in [2.45, 2.75) is 13.0 Å². The average Bonchev–Trinajstić information content (AvgIpc) is 2.45. The summed E-state index contributed by atoms with van der Waals surface area (Å²) >= 11 is 3.33. The van der Waals surface area contributed by atoms with Gasteiger partial charge >= 0.3 is 0 Å². The lowest BCUT2D eigenvalue weighted by atomic mass is 10.1. The normalized spacial score (nSPS) is 10.3. The first kappa shape index (κ1) is 14.5. The maximum Gasteiger partial charge on any atom is 0.263 e. The molecule has 0 aliphatic rings. The van der Waals surface area contributed by atoms with Crippen LogP contribution >= 0.6 is 15.9 Å². The summed E-state index contributed by atoms with van der Waals surface area (Å²) in [6.07, 6.45) is -2.48. The minimum absolute atomic E-state index is 0.000881. The van der Waals surface area contributed by atoms with E-state index in [4.69, 9.17) is 5.26 Å². The van der Waals surface area contributed by atoms with E-state index in [0.717, 1.165) is 10.0 Å². The zero-order chi connectivity index (χ0) is 14.5. The van der Waals surface area contributed by atoms with Gasteiger partial charge in [-0.3, -0.25) is 0 Å². The maximum absolute atomic E-state index is 12.6. The van der Waals surface area contributed by atoms with Crippen LogP contribution in [0.4, 0.5) is 14.5 Å². The minimum atomic E-state index is -2.48. The summed E-state index contributed by atoms with van der Waals surface area (Å²) in [5, 5.41) is 12.1. The van der Waals surface area contributed by atoms with Gasteiger partial charge in [0.25, 0.3) is 6.43 Å². The van der Waals surface area contributed by atoms with E-state index in [2.05, 4.69) is 27.3 Å². The number of halogens is 3. The van der Waals surface area contributed by atoms with Gasteiger partial charge in [0.05, 0.1) is 11.3 Å². The topological polar surface area (TPSA) is 35.8 Å². The molecule has 0 fully saturated rings. The van der Waals surface area contributed by atoms with Gasteiger partial charge in [-0.15, -0.1) is 0 Å². The van der Waals surface area contributed by atoms with E-state index < -0.39 is 6.43 Å². The molecule has 2 nitrogen and oxygen atoms in total. The number of rotatable bonds is 4. The summed E-state index contributed by atoms with van der Waals surface area (Å²) in [5.74, 6) is 0. The Morgan fingerprint density at radius 2 is 2.00 bits per heavy atom. The number of hydrogen-bond acceptors (Lipinski definition) is 2. The molecule has 102 valence electrons. The van der Waals surface area contributed by atoms with Gasteiger partial charge < -0.3 is 5.32 Å². The summed E-state index contributed by atoms with van der Waals surface area (Å²) in [6, 6.07) is 13.6. The Hall–Kier alpha value is -1.93. The third kappa shape index (κ3) is 3.55. The number of nitriles is 1. The Labute approximate surface area is 124 Å². The van der Waals surface area contributed by atoms with Crippen LogP contribution in [0.1, 0.15) is 23.1 Å². The monoisotopic (exact) mass is 336 g/mol. The molecule has 0 atom stereocenters. The minimum Gasteiger partial charge on any atom is -0.380 e. The molecule has 0 heterocycles. The summed E-state index contributed by atoms with van der Waals surface area (Å²) in [5.41, 5.74) is 1.92. The third-order valence-electron chi connectivity index (χ3n) is 2.79. The van der Waals surface area contributed by atoms with Crippen LogP contribution in [-0.4, -0.2) is 0 Å². The number of nitrogens with one attached hydrogen (secondary N) is 1. The fourth-order valence-electron chi connectivity index (χ4n) is 1.80. The van der Waals surface area contributed by atoms with E-state index in [1.54, 1.807) is 30.3 Å². The van der Waals surface area contributed by atoms with E-state index in [-0.39, 0.29) is 5.56 Å². The zero-order valence-corrected chi connectivity index (χ0v) is 12.0. The first-order valence-corrected chi connectivity index (χ1v) is 6.70. The van der Waals surface area contributed by atoms with Crippen LogP contribution in [-0.2, 0) is 6.54 Å². The van der Waals surface area contributed by atoms with Crippen molar-refractivity contribution in [1.82, 2.24) is 0 Å². The standard InChI is InChI=1S/C15H11BrF2N2/c16-13-5-4-12(8-19)14(7-13)20-9-10-2-1-3-11(6-10)15(17)18/h1-7,15,20H,9H2. The number of benzene rings is 2. The van der Waals surface area contributed by atoms with Crippen LogP contribution in [0.2, 0.25) is 0 Å². The zero-order valence-electron chi connectivity index (χ0n) is 10.4. The maximum atomic E-state index is 12.6. The van der Waals surface area contributed by atoms with Crippen LogP contribution in [0.3, 0.4) is 0 Å². The molecule has 0 amide bonds. The Morgan fingerprint density at radius 1 is 1.20 bits per heavy atom. The number of anilines is 1. The predicted octanol–water partition coefficient (Wildman–Crippen LogP) is 4.87. The van der Waals surface area contributed by atoms with Crippen LogP contribution in [0.25, 0.3) is 0 Å². The Morgan fingerprint density at radius 3 is 2.70 bits per heavy atom. The Balaban J connectivity index is 2.15. The highest BCUT2D eigenvalue weighted by Crippen LogP contribution is 2.23. The van der Waals surface area contributed by atoms with Crippen molar-refractivity contribution < 1.29 is 8.78 Å². The second-order valence-electron chi connectivity index (χ2n) is 4.20. The van der Waals surface area contributed by atoms with E-state index >= 15 is 0 Å². The molecular formula is C15H11BrF2N2. The molecule has 0 aromatic heterocycles. The SMILES string of the molecule is N#Cc1ccc(Br)cc1NCc1cccc(C(F)F)c1. The van der Waals surface area contributed by atoms with Gasteiger partial charge in [-0.1, -0.05) is 34.1 Å². The van der Waals surface area contributed by atoms with Gasteiger partial charge in [-0.2, -0.15) is 5.26 Å². The second-order valence-corrected chi connectivity index (χ2v) is 5.12. The van der Waals surface area contributed by atoms with Gasteiger partial charge in [-0.05, 0) is 29.8 Å². The fraction of sp³-hybridized carbons (Fsp3) is 0.133. The molecule has 20 heavy (non-hydrogen) atoms. The summed E-state index contributed by atoms with van der Waals surface area (Å²) in [7, 11) is 0. The average molecular weight is 337 g/mol. The van der Waals surface area contributed by atoms with Gasteiger partial charge in [0.1, 0.15) is 6.07 Å². The number of alkyl halides is 2. The summed E-state index contributed by atoms with van der Waals surface area (Å²) in [4.78, 5) is 0. The van der Waals surface area contributed by atoms with Crippen LogP contribution in [0.15, 0.2) is 46.9 Å². The van der Waals surface area contributed by atoms with Gasteiger partial charge in [0.15, 0.2) is 0 Å². The molecule has 1 N–H and O–H groups in total. The molecule has 0 bridgehead atoms. The first-order valence-electron chi connectivity index (χ1n) is 5.90. The molecule has 0 saturated carbocycles. The van der Waals surface area contributed by atoms with Crippen molar-refractivity contribution in [3.05, 3.63) is 63.6 Å². The molecule has 0 radical (unpaired) electrons. The molecule has 0 spiro atoms. The smallest absolute Gasteiger partial charge is 0.263 e. The molecule has 0 unspecified atom stereocenters. The summed E-state index contributed by atoms with van der Waals surface area (Å²) < 4.78 is 26.1. The van der Waals surface area contributed by atoms with E-state index in [1.807, 2.05) is 0 Å². The van der Waals surface area contributed by atoms with Gasteiger partial charge in [0.2, 0.25) is 0 Å². The summed E-state index contributed by atoms with van der Waals surface area (Å²) in [6.45, 7) is 0.381. The third-order valence-corrected chi connectivity index (χ3v) is 3.28. The van der Waals surface area contributed by atoms with Crippen molar-refractivity contribution >= 4 is 21.6 Å². The lowest BCUT2D eigenvalue weighted by Gasteiger charge is -2.10. The fourth-order valence-corrected chi connectivity index (χ4v) is 2.16.